The predicted molar refractivity (Wildman–Crippen MR) is 187 cm³/mol. The number of rotatable bonds is 5. The Hall–Kier alpha value is -4.90. The van der Waals surface area contributed by atoms with Gasteiger partial charge in [-0.05, 0) is 46.9 Å². The largest absolute Gasteiger partial charge is 0.501 e. The maximum Gasteiger partial charge on any atom is 0.120 e. The average molecular weight is 791 g/mol. The van der Waals surface area contributed by atoms with Gasteiger partial charge in [-0.25, -0.2) is 4.98 Å². The number of nitrogens with zero attached hydrogens (tertiary/aromatic N) is 4. The monoisotopic (exact) mass is 791 g/mol. The number of imidazole rings is 1. The summed E-state index contributed by atoms with van der Waals surface area (Å²) in [6.45, 7) is 9.03. The zero-order chi connectivity index (χ0) is 31.6. The minimum Gasteiger partial charge on any atom is -0.501 e. The molecule has 235 valence electrons. The zero-order valence-electron chi connectivity index (χ0n) is 26.7. The second-order valence-corrected chi connectivity index (χ2v) is 11.9. The van der Waals surface area contributed by atoms with Gasteiger partial charge >= 0.3 is 0 Å². The summed E-state index contributed by atoms with van der Waals surface area (Å²) in [6, 6.07) is 43.5. The first-order valence-electron chi connectivity index (χ1n) is 15.7. The van der Waals surface area contributed by atoms with Crippen molar-refractivity contribution in [1.82, 2.24) is 19.5 Å². The third-order valence-electron chi connectivity index (χ3n) is 8.26. The van der Waals surface area contributed by atoms with E-state index in [4.69, 9.17) is 9.40 Å². The van der Waals surface area contributed by atoms with E-state index < -0.39 is 0 Å². The van der Waals surface area contributed by atoms with Gasteiger partial charge in [0.15, 0.2) is 0 Å². The SMILES string of the molecule is CC(C)c1cccc(C(C)C)c1-n1c(-c2[c-]ccc3c2oc2ccccc23)nc2ccccc21.[Ir].[c-]1ccccc1-c1ccncn1. The van der Waals surface area contributed by atoms with Gasteiger partial charge in [0, 0.05) is 37.4 Å². The molecule has 0 fully saturated rings. The van der Waals surface area contributed by atoms with Crippen LogP contribution in [0.3, 0.4) is 0 Å². The van der Waals surface area contributed by atoms with Crippen LogP contribution in [0, 0.1) is 12.1 Å². The van der Waals surface area contributed by atoms with Crippen LogP contribution in [0.15, 0.2) is 126 Å². The molecular weight excluding hydrogens is 757 g/mol. The van der Waals surface area contributed by atoms with Crippen LogP contribution in [0.25, 0.3) is 61.3 Å². The molecule has 8 aromatic rings. The Morgan fingerprint density at radius 2 is 1.45 bits per heavy atom. The van der Waals surface area contributed by atoms with Crippen LogP contribution in [0.5, 0.6) is 0 Å². The molecule has 0 atom stereocenters. The van der Waals surface area contributed by atoms with E-state index in [9.17, 15) is 0 Å². The maximum absolute atomic E-state index is 6.40. The molecule has 6 heteroatoms. The van der Waals surface area contributed by atoms with Crippen molar-refractivity contribution in [1.29, 1.82) is 0 Å². The number of hydrogen-bond acceptors (Lipinski definition) is 4. The smallest absolute Gasteiger partial charge is 0.120 e. The fraction of sp³-hybridized carbons (Fsp3) is 0.146. The Morgan fingerprint density at radius 1 is 0.702 bits per heavy atom. The van der Waals surface area contributed by atoms with Gasteiger partial charge in [0.2, 0.25) is 0 Å². The van der Waals surface area contributed by atoms with Crippen molar-refractivity contribution in [3.05, 3.63) is 145 Å². The third-order valence-corrected chi connectivity index (χ3v) is 8.26. The third kappa shape index (κ3) is 6.15. The van der Waals surface area contributed by atoms with Crippen LogP contribution in [0.2, 0.25) is 0 Å². The van der Waals surface area contributed by atoms with Crippen LogP contribution >= 0.6 is 0 Å². The van der Waals surface area contributed by atoms with Crippen LogP contribution in [-0.2, 0) is 20.1 Å². The Balaban J connectivity index is 0.000000250. The first-order chi connectivity index (χ1) is 22.5. The second kappa shape index (κ2) is 13.8. The Morgan fingerprint density at radius 3 is 2.17 bits per heavy atom. The molecule has 5 aromatic carbocycles. The van der Waals surface area contributed by atoms with Crippen molar-refractivity contribution in [3.63, 3.8) is 0 Å². The molecule has 47 heavy (non-hydrogen) atoms. The van der Waals surface area contributed by atoms with Gasteiger partial charge in [-0.3, -0.25) is 9.97 Å². The molecule has 0 aliphatic rings. The number of para-hydroxylation sites is 4. The molecule has 8 rings (SSSR count). The normalized spacial score (nSPS) is 11.2. The molecule has 0 spiro atoms. The van der Waals surface area contributed by atoms with E-state index in [0.717, 1.165) is 55.6 Å². The van der Waals surface area contributed by atoms with Gasteiger partial charge in [-0.2, -0.15) is 0 Å². The fourth-order valence-electron chi connectivity index (χ4n) is 6.05. The van der Waals surface area contributed by atoms with Gasteiger partial charge in [0.25, 0.3) is 0 Å². The predicted octanol–water partition coefficient (Wildman–Crippen LogP) is 10.6. The van der Waals surface area contributed by atoms with Crippen molar-refractivity contribution in [2.75, 3.05) is 0 Å². The minimum atomic E-state index is 0. The van der Waals surface area contributed by atoms with Crippen molar-refractivity contribution >= 4 is 33.0 Å². The molecule has 5 nitrogen and oxygen atoms in total. The Kier molecular flexibility index (Phi) is 9.44. The average Bonchev–Trinajstić information content (AvgIpc) is 3.68. The van der Waals surface area contributed by atoms with Crippen LogP contribution in [0.1, 0.15) is 50.7 Å². The zero-order valence-corrected chi connectivity index (χ0v) is 29.1. The standard InChI is InChI=1S/C31H27N2O.C10H7N2.Ir/c1-19(2)21-12-9-13-22(20(3)4)29(21)33-27-17-7-6-16-26(27)32-31(33)25-15-10-14-24-23-11-5-8-18-28(23)34-30(24)25;1-2-4-9(5-3-1)10-6-7-11-8-12-10;/h5-14,16-20H,1-4H3;1-4,6-8H;/q2*-1;. The summed E-state index contributed by atoms with van der Waals surface area (Å²) in [5.74, 6) is 1.60. The molecule has 0 bridgehead atoms. The molecule has 3 heterocycles. The Labute approximate surface area is 288 Å². The van der Waals surface area contributed by atoms with E-state index in [-0.39, 0.29) is 20.1 Å². The topological polar surface area (TPSA) is 56.7 Å². The summed E-state index contributed by atoms with van der Waals surface area (Å²) in [6.07, 6.45) is 3.26. The number of furan rings is 1. The van der Waals surface area contributed by atoms with E-state index >= 15 is 0 Å². The van der Waals surface area contributed by atoms with Gasteiger partial charge in [-0.1, -0.05) is 93.2 Å². The summed E-state index contributed by atoms with van der Waals surface area (Å²) >= 11 is 0. The molecule has 0 saturated heterocycles. The van der Waals surface area contributed by atoms with E-state index in [0.29, 0.717) is 11.8 Å². The number of hydrogen-bond donors (Lipinski definition) is 0. The van der Waals surface area contributed by atoms with Crippen LogP contribution < -0.4 is 0 Å². The summed E-state index contributed by atoms with van der Waals surface area (Å²) in [4.78, 5) is 13.1. The molecule has 0 saturated carbocycles. The van der Waals surface area contributed by atoms with Gasteiger partial charge in [-0.15, -0.1) is 54.1 Å². The second-order valence-electron chi connectivity index (χ2n) is 11.9. The summed E-state index contributed by atoms with van der Waals surface area (Å²) < 4.78 is 8.73. The number of aromatic nitrogens is 4. The molecule has 0 amide bonds. The van der Waals surface area contributed by atoms with Gasteiger partial charge < -0.3 is 8.98 Å². The fourth-order valence-corrected chi connectivity index (χ4v) is 6.05. The molecular formula is C41H34IrN4O-2. The molecule has 0 aliphatic heterocycles. The summed E-state index contributed by atoms with van der Waals surface area (Å²) in [5, 5.41) is 2.20. The van der Waals surface area contributed by atoms with E-state index in [1.165, 1.54) is 23.1 Å². The Bertz CT molecular complexity index is 2210. The first-order valence-corrected chi connectivity index (χ1v) is 15.7. The number of benzene rings is 5. The van der Waals surface area contributed by atoms with Crippen molar-refractivity contribution < 1.29 is 24.5 Å². The molecule has 0 unspecified atom stereocenters. The van der Waals surface area contributed by atoms with Crippen molar-refractivity contribution in [3.8, 4) is 28.3 Å². The van der Waals surface area contributed by atoms with Crippen molar-refractivity contribution in [2.45, 2.75) is 39.5 Å². The molecule has 1 radical (unpaired) electrons. The minimum absolute atomic E-state index is 0. The first kappa shape index (κ1) is 32.1. The number of fused-ring (bicyclic) bond motifs is 4. The van der Waals surface area contributed by atoms with E-state index in [1.54, 1.807) is 6.20 Å². The van der Waals surface area contributed by atoms with Crippen LogP contribution in [0.4, 0.5) is 0 Å². The van der Waals surface area contributed by atoms with Crippen LogP contribution in [-0.4, -0.2) is 19.5 Å². The molecule has 0 aliphatic carbocycles. The summed E-state index contributed by atoms with van der Waals surface area (Å²) in [7, 11) is 0. The molecule has 3 aromatic heterocycles. The van der Waals surface area contributed by atoms with E-state index in [2.05, 4.69) is 109 Å². The summed E-state index contributed by atoms with van der Waals surface area (Å²) in [5.41, 5.74) is 10.4. The van der Waals surface area contributed by atoms with E-state index in [1.807, 2.05) is 54.6 Å². The maximum atomic E-state index is 6.40. The van der Waals surface area contributed by atoms with Crippen molar-refractivity contribution in [2.24, 2.45) is 0 Å². The quantitative estimate of drug-likeness (QED) is 0.163. The van der Waals surface area contributed by atoms with Gasteiger partial charge in [0.05, 0.1) is 22.4 Å². The van der Waals surface area contributed by atoms with Gasteiger partial charge in [0.1, 0.15) is 11.9 Å². The molecule has 0 N–H and O–H groups in total.